The van der Waals surface area contributed by atoms with Crippen molar-refractivity contribution in [3.8, 4) is 11.5 Å². The van der Waals surface area contributed by atoms with Crippen LogP contribution in [0.2, 0.25) is 5.02 Å². The van der Waals surface area contributed by atoms with Gasteiger partial charge in [0.25, 0.3) is 0 Å². The second kappa shape index (κ2) is 7.13. The first-order chi connectivity index (χ1) is 11.5. The summed E-state index contributed by atoms with van der Waals surface area (Å²) in [6.45, 7) is 1.85. The lowest BCUT2D eigenvalue weighted by Crippen LogP contribution is -2.25. The number of ether oxygens (including phenoxy) is 1. The fourth-order valence-corrected chi connectivity index (χ4v) is 4.07. The normalized spacial score (nSPS) is 13.0. The van der Waals surface area contributed by atoms with E-state index >= 15 is 0 Å². The lowest BCUT2D eigenvalue weighted by Gasteiger charge is -2.33. The van der Waals surface area contributed by atoms with Crippen LogP contribution in [0.3, 0.4) is 0 Å². The molecule has 0 saturated carbocycles. The summed E-state index contributed by atoms with van der Waals surface area (Å²) in [6.07, 6.45) is 1.01. The third kappa shape index (κ3) is 3.43. The monoisotopic (exact) mass is 364 g/mol. The molecule has 0 atom stereocenters. The average molecular weight is 365 g/mol. The molecule has 4 nitrogen and oxygen atoms in total. The number of nitrogens with zero attached hydrogens (tertiary/aromatic N) is 2. The van der Waals surface area contributed by atoms with Gasteiger partial charge in [-0.05, 0) is 45.3 Å². The molecule has 2 aromatic rings. The zero-order chi connectivity index (χ0) is 17.3. The fraction of sp³-hybridized carbons (Fsp3) is 0.333. The molecule has 0 radical (unpaired) electrons. The molecule has 0 saturated heterocycles. The van der Waals surface area contributed by atoms with Crippen molar-refractivity contribution in [3.63, 3.8) is 0 Å². The number of phenols is 1. The van der Waals surface area contributed by atoms with Gasteiger partial charge in [-0.25, -0.2) is 0 Å². The molecule has 2 aromatic carbocycles. The highest BCUT2D eigenvalue weighted by molar-refractivity contribution is 7.99. The van der Waals surface area contributed by atoms with Crippen molar-refractivity contribution in [3.05, 3.63) is 35.4 Å². The summed E-state index contributed by atoms with van der Waals surface area (Å²) in [7, 11) is 5.71. The highest BCUT2D eigenvalue weighted by atomic mass is 35.5. The third-order valence-electron chi connectivity index (χ3n) is 3.97. The summed E-state index contributed by atoms with van der Waals surface area (Å²) in [5.74, 6) is 0.645. The number of aromatic hydroxyl groups is 1. The number of halogens is 1. The molecular weight excluding hydrogens is 344 g/mol. The summed E-state index contributed by atoms with van der Waals surface area (Å²) >= 11 is 7.89. The van der Waals surface area contributed by atoms with Gasteiger partial charge in [0.2, 0.25) is 0 Å². The number of methoxy groups -OCH3 is 1. The van der Waals surface area contributed by atoms with Crippen LogP contribution in [0.25, 0.3) is 0 Å². The van der Waals surface area contributed by atoms with Crippen LogP contribution in [0.4, 0.5) is 11.4 Å². The van der Waals surface area contributed by atoms with Crippen LogP contribution in [0.1, 0.15) is 6.42 Å². The van der Waals surface area contributed by atoms with Gasteiger partial charge in [-0.1, -0.05) is 23.4 Å². The number of anilines is 2. The van der Waals surface area contributed by atoms with Crippen LogP contribution in [-0.4, -0.2) is 44.3 Å². The lowest BCUT2D eigenvalue weighted by atomic mass is 10.2. The quantitative estimate of drug-likeness (QED) is 0.838. The first-order valence-corrected chi connectivity index (χ1v) is 8.99. The Hall–Kier alpha value is -1.56. The molecule has 1 aliphatic rings. The Bertz CT molecular complexity index is 752. The summed E-state index contributed by atoms with van der Waals surface area (Å²) in [5.41, 5.74) is 2.08. The summed E-state index contributed by atoms with van der Waals surface area (Å²) in [4.78, 5) is 6.63. The maximum Gasteiger partial charge on any atom is 0.161 e. The summed E-state index contributed by atoms with van der Waals surface area (Å²) in [5, 5.41) is 10.9. The minimum atomic E-state index is 0.153. The minimum absolute atomic E-state index is 0.153. The van der Waals surface area contributed by atoms with E-state index in [0.717, 1.165) is 40.7 Å². The van der Waals surface area contributed by atoms with E-state index in [1.807, 2.05) is 24.3 Å². The fourth-order valence-electron chi connectivity index (χ4n) is 2.82. The second-order valence-corrected chi connectivity index (χ2v) is 7.53. The Morgan fingerprint density at radius 1 is 1.17 bits per heavy atom. The van der Waals surface area contributed by atoms with Crippen molar-refractivity contribution in [2.24, 2.45) is 0 Å². The Kier molecular flexibility index (Phi) is 5.13. The first-order valence-electron chi connectivity index (χ1n) is 7.80. The van der Waals surface area contributed by atoms with E-state index in [4.69, 9.17) is 16.3 Å². The standard InChI is InChI=1S/C18H21ClN2O2S/c1-20(2)7-4-8-21-13-9-12(19)5-6-17(13)24-18-11-16(23-3)15(22)10-14(18)21/h5-6,9-11,22H,4,7-8H2,1-3H3. The van der Waals surface area contributed by atoms with E-state index in [-0.39, 0.29) is 5.75 Å². The highest BCUT2D eigenvalue weighted by Gasteiger charge is 2.25. The molecule has 0 fully saturated rings. The van der Waals surface area contributed by atoms with Gasteiger partial charge in [0.15, 0.2) is 11.5 Å². The SMILES string of the molecule is COc1cc2c(cc1O)N(CCCN(C)C)c1cc(Cl)ccc1S2. The molecule has 0 bridgehead atoms. The predicted molar refractivity (Wildman–Crippen MR) is 100 cm³/mol. The molecule has 24 heavy (non-hydrogen) atoms. The van der Waals surface area contributed by atoms with E-state index in [2.05, 4.69) is 23.9 Å². The zero-order valence-corrected chi connectivity index (χ0v) is 15.6. The highest BCUT2D eigenvalue weighted by Crippen LogP contribution is 2.51. The van der Waals surface area contributed by atoms with Gasteiger partial charge in [-0.15, -0.1) is 0 Å². The van der Waals surface area contributed by atoms with Crippen molar-refractivity contribution in [2.45, 2.75) is 16.2 Å². The minimum Gasteiger partial charge on any atom is -0.504 e. The molecule has 0 amide bonds. The van der Waals surface area contributed by atoms with Crippen molar-refractivity contribution >= 4 is 34.7 Å². The van der Waals surface area contributed by atoms with Crippen molar-refractivity contribution < 1.29 is 9.84 Å². The molecule has 0 aliphatic carbocycles. The predicted octanol–water partition coefficient (Wildman–Crippen LogP) is 4.61. The molecule has 1 heterocycles. The number of benzene rings is 2. The Morgan fingerprint density at radius 3 is 2.62 bits per heavy atom. The van der Waals surface area contributed by atoms with Crippen LogP contribution >= 0.6 is 23.4 Å². The van der Waals surface area contributed by atoms with Crippen molar-refractivity contribution in [2.75, 3.05) is 39.2 Å². The van der Waals surface area contributed by atoms with Crippen LogP contribution in [0.5, 0.6) is 11.5 Å². The van der Waals surface area contributed by atoms with E-state index in [1.54, 1.807) is 24.9 Å². The molecule has 3 rings (SSSR count). The topological polar surface area (TPSA) is 35.9 Å². The lowest BCUT2D eigenvalue weighted by molar-refractivity contribution is 0.372. The van der Waals surface area contributed by atoms with Crippen LogP contribution < -0.4 is 9.64 Å². The summed E-state index contributed by atoms with van der Waals surface area (Å²) in [6, 6.07) is 9.62. The van der Waals surface area contributed by atoms with Gasteiger partial charge in [-0.2, -0.15) is 0 Å². The van der Waals surface area contributed by atoms with Gasteiger partial charge in [0, 0.05) is 33.5 Å². The first kappa shape index (κ1) is 17.3. The average Bonchev–Trinajstić information content (AvgIpc) is 2.54. The number of fused-ring (bicyclic) bond motifs is 2. The largest absolute Gasteiger partial charge is 0.504 e. The molecule has 1 N–H and O–H groups in total. The number of hydrogen-bond acceptors (Lipinski definition) is 5. The van der Waals surface area contributed by atoms with Gasteiger partial charge >= 0.3 is 0 Å². The van der Waals surface area contributed by atoms with E-state index in [1.165, 1.54) is 0 Å². The number of hydrogen-bond donors (Lipinski definition) is 1. The molecule has 0 aromatic heterocycles. The Morgan fingerprint density at radius 2 is 1.92 bits per heavy atom. The van der Waals surface area contributed by atoms with E-state index < -0.39 is 0 Å². The van der Waals surface area contributed by atoms with Crippen LogP contribution in [0, 0.1) is 0 Å². The van der Waals surface area contributed by atoms with Crippen LogP contribution in [-0.2, 0) is 0 Å². The van der Waals surface area contributed by atoms with E-state index in [9.17, 15) is 5.11 Å². The van der Waals surface area contributed by atoms with Crippen LogP contribution in [0.15, 0.2) is 40.1 Å². The van der Waals surface area contributed by atoms with Gasteiger partial charge in [-0.3, -0.25) is 0 Å². The summed E-state index contributed by atoms with van der Waals surface area (Å²) < 4.78 is 5.26. The molecule has 1 aliphatic heterocycles. The smallest absolute Gasteiger partial charge is 0.161 e. The van der Waals surface area contributed by atoms with Gasteiger partial charge < -0.3 is 19.6 Å². The van der Waals surface area contributed by atoms with Gasteiger partial charge in [0.1, 0.15) is 0 Å². The number of rotatable bonds is 5. The number of phenolic OH excluding ortho intramolecular Hbond substituents is 1. The second-order valence-electron chi connectivity index (χ2n) is 6.01. The molecular formula is C18H21ClN2O2S. The molecule has 6 heteroatoms. The maximum absolute atomic E-state index is 10.2. The van der Waals surface area contributed by atoms with Crippen molar-refractivity contribution in [1.29, 1.82) is 0 Å². The van der Waals surface area contributed by atoms with E-state index in [0.29, 0.717) is 10.8 Å². The van der Waals surface area contributed by atoms with Crippen molar-refractivity contribution in [1.82, 2.24) is 4.90 Å². The molecule has 0 spiro atoms. The molecule has 128 valence electrons. The zero-order valence-electron chi connectivity index (χ0n) is 14.0. The third-order valence-corrected chi connectivity index (χ3v) is 5.32. The molecule has 0 unspecified atom stereocenters. The Balaban J connectivity index is 2.02. The maximum atomic E-state index is 10.2. The Labute approximate surface area is 152 Å². The van der Waals surface area contributed by atoms with Gasteiger partial charge in [0.05, 0.1) is 18.5 Å².